The van der Waals surface area contributed by atoms with Gasteiger partial charge in [-0.3, -0.25) is 0 Å². The van der Waals surface area contributed by atoms with E-state index in [4.69, 9.17) is 4.74 Å². The number of hydrogen-bond donors (Lipinski definition) is 1. The molecule has 1 N–H and O–H groups in total. The zero-order chi connectivity index (χ0) is 18.5. The second-order valence-corrected chi connectivity index (χ2v) is 7.82. The van der Waals surface area contributed by atoms with E-state index in [0.717, 1.165) is 57.6 Å². The number of carbonyl (C=O) groups is 1. The molecule has 4 nitrogen and oxygen atoms in total. The molecule has 2 saturated heterocycles. The zero-order valence-electron chi connectivity index (χ0n) is 15.8. The van der Waals surface area contributed by atoms with Gasteiger partial charge in [0.2, 0.25) is 0 Å². The second kappa shape index (κ2) is 8.13. The highest BCUT2D eigenvalue weighted by Crippen LogP contribution is 2.40. The third kappa shape index (κ3) is 4.33. The highest BCUT2D eigenvalue weighted by Gasteiger charge is 2.37. The summed E-state index contributed by atoms with van der Waals surface area (Å²) in [5.41, 5.74) is 3.95. The maximum Gasteiger partial charge on any atom is 0.317 e. The Bertz CT molecular complexity index is 742. The minimum absolute atomic E-state index is 0.0593. The topological polar surface area (TPSA) is 41.6 Å². The van der Waals surface area contributed by atoms with E-state index in [2.05, 4.69) is 41.7 Å². The number of benzene rings is 2. The van der Waals surface area contributed by atoms with Crippen molar-refractivity contribution in [3.8, 4) is 11.1 Å². The highest BCUT2D eigenvalue weighted by molar-refractivity contribution is 5.74. The minimum atomic E-state index is 0.0593. The second-order valence-electron chi connectivity index (χ2n) is 7.82. The SMILES string of the molecule is O=C(NCc1ccc(-c2ccccc2)cc1)N1CCC2(CCOCC2)CC1. The van der Waals surface area contributed by atoms with Crippen LogP contribution in [0.15, 0.2) is 54.6 Å². The van der Waals surface area contributed by atoms with Crippen molar-refractivity contribution in [2.75, 3.05) is 26.3 Å². The Kier molecular flexibility index (Phi) is 5.44. The lowest BCUT2D eigenvalue weighted by Gasteiger charge is -2.44. The van der Waals surface area contributed by atoms with Crippen LogP contribution in [0.3, 0.4) is 0 Å². The van der Waals surface area contributed by atoms with Gasteiger partial charge < -0.3 is 15.0 Å². The Morgan fingerprint density at radius 1 is 0.889 bits per heavy atom. The van der Waals surface area contributed by atoms with Crippen molar-refractivity contribution in [3.63, 3.8) is 0 Å². The summed E-state index contributed by atoms with van der Waals surface area (Å²) in [6.45, 7) is 4.05. The lowest BCUT2D eigenvalue weighted by Crippen LogP contribution is -2.48. The van der Waals surface area contributed by atoms with Crippen molar-refractivity contribution >= 4 is 6.03 Å². The molecule has 0 aromatic heterocycles. The molecule has 0 radical (unpaired) electrons. The molecular formula is C23H28N2O2. The number of piperidine rings is 1. The summed E-state index contributed by atoms with van der Waals surface area (Å²) in [6.07, 6.45) is 4.51. The van der Waals surface area contributed by atoms with Crippen molar-refractivity contribution in [1.29, 1.82) is 0 Å². The predicted octanol–water partition coefficient (Wildman–Crippen LogP) is 4.46. The molecule has 2 amide bonds. The number of nitrogens with zero attached hydrogens (tertiary/aromatic N) is 1. The van der Waals surface area contributed by atoms with E-state index in [0.29, 0.717) is 12.0 Å². The first-order valence-corrected chi connectivity index (χ1v) is 9.99. The molecule has 2 aliphatic heterocycles. The van der Waals surface area contributed by atoms with E-state index in [1.54, 1.807) is 0 Å². The van der Waals surface area contributed by atoms with E-state index >= 15 is 0 Å². The van der Waals surface area contributed by atoms with Crippen molar-refractivity contribution < 1.29 is 9.53 Å². The molecule has 2 aromatic rings. The van der Waals surface area contributed by atoms with Gasteiger partial charge in [-0.25, -0.2) is 4.79 Å². The number of ether oxygens (including phenoxy) is 1. The Labute approximate surface area is 161 Å². The third-order valence-corrected chi connectivity index (χ3v) is 6.17. The Morgan fingerprint density at radius 3 is 2.19 bits per heavy atom. The molecule has 1 spiro atoms. The fraction of sp³-hybridized carbons (Fsp3) is 0.435. The van der Waals surface area contributed by atoms with Gasteiger partial charge in [0.05, 0.1) is 0 Å². The van der Waals surface area contributed by atoms with Crippen LogP contribution in [0, 0.1) is 5.41 Å². The Morgan fingerprint density at radius 2 is 1.52 bits per heavy atom. The summed E-state index contributed by atoms with van der Waals surface area (Å²) >= 11 is 0. The number of nitrogens with one attached hydrogen (secondary N) is 1. The molecule has 2 fully saturated rings. The number of carbonyl (C=O) groups excluding carboxylic acids is 1. The van der Waals surface area contributed by atoms with Gasteiger partial charge in [0.15, 0.2) is 0 Å². The van der Waals surface area contributed by atoms with E-state index in [1.807, 2.05) is 23.1 Å². The maximum absolute atomic E-state index is 12.5. The van der Waals surface area contributed by atoms with Gasteiger partial charge >= 0.3 is 6.03 Å². The van der Waals surface area contributed by atoms with Crippen LogP contribution in [0.2, 0.25) is 0 Å². The Balaban J connectivity index is 1.27. The summed E-state index contributed by atoms with van der Waals surface area (Å²) < 4.78 is 5.50. The molecule has 4 heteroatoms. The van der Waals surface area contributed by atoms with E-state index in [1.165, 1.54) is 11.1 Å². The van der Waals surface area contributed by atoms with Crippen LogP contribution < -0.4 is 5.32 Å². The first-order valence-electron chi connectivity index (χ1n) is 9.99. The monoisotopic (exact) mass is 364 g/mol. The molecule has 2 heterocycles. The predicted molar refractivity (Wildman–Crippen MR) is 107 cm³/mol. The summed E-state index contributed by atoms with van der Waals surface area (Å²) in [4.78, 5) is 14.5. The molecule has 27 heavy (non-hydrogen) atoms. The van der Waals surface area contributed by atoms with Crippen LogP contribution in [0.5, 0.6) is 0 Å². The van der Waals surface area contributed by atoms with Gasteiger partial charge in [0.25, 0.3) is 0 Å². The fourth-order valence-electron chi connectivity index (χ4n) is 4.22. The van der Waals surface area contributed by atoms with E-state index in [9.17, 15) is 4.79 Å². The summed E-state index contributed by atoms with van der Waals surface area (Å²) in [5.74, 6) is 0. The van der Waals surface area contributed by atoms with Crippen LogP contribution in [0.25, 0.3) is 11.1 Å². The molecule has 2 aliphatic rings. The number of rotatable bonds is 3. The number of urea groups is 1. The summed E-state index contributed by atoms with van der Waals surface area (Å²) in [5, 5.41) is 3.08. The van der Waals surface area contributed by atoms with Crippen LogP contribution >= 0.6 is 0 Å². The average Bonchev–Trinajstić information content (AvgIpc) is 2.74. The normalized spacial score (nSPS) is 19.0. The molecule has 2 aromatic carbocycles. The van der Waals surface area contributed by atoms with Crippen LogP contribution in [0.1, 0.15) is 31.2 Å². The van der Waals surface area contributed by atoms with Gasteiger partial charge in [0.1, 0.15) is 0 Å². The first-order chi connectivity index (χ1) is 13.2. The molecule has 0 unspecified atom stereocenters. The van der Waals surface area contributed by atoms with Crippen LogP contribution in [0.4, 0.5) is 4.79 Å². The molecular weight excluding hydrogens is 336 g/mol. The van der Waals surface area contributed by atoms with Crippen LogP contribution in [-0.4, -0.2) is 37.2 Å². The molecule has 0 saturated carbocycles. The standard InChI is InChI=1S/C23H28N2O2/c26-22(25-14-10-23(11-15-25)12-16-27-17-13-23)24-18-19-6-8-21(9-7-19)20-4-2-1-3-5-20/h1-9H,10-18H2,(H,24,26). The molecule has 0 bridgehead atoms. The molecule has 0 aliphatic carbocycles. The Hall–Kier alpha value is -2.33. The lowest BCUT2D eigenvalue weighted by molar-refractivity contribution is -0.0145. The largest absolute Gasteiger partial charge is 0.381 e. The smallest absolute Gasteiger partial charge is 0.317 e. The number of hydrogen-bond acceptors (Lipinski definition) is 2. The molecule has 0 atom stereocenters. The average molecular weight is 364 g/mol. The van der Waals surface area contributed by atoms with Gasteiger partial charge in [0, 0.05) is 32.8 Å². The van der Waals surface area contributed by atoms with Crippen molar-refractivity contribution in [2.24, 2.45) is 5.41 Å². The fourth-order valence-corrected chi connectivity index (χ4v) is 4.22. The van der Waals surface area contributed by atoms with Gasteiger partial charge in [-0.2, -0.15) is 0 Å². The first kappa shape index (κ1) is 18.1. The van der Waals surface area contributed by atoms with E-state index < -0.39 is 0 Å². The van der Waals surface area contributed by atoms with Crippen molar-refractivity contribution in [2.45, 2.75) is 32.2 Å². The number of amides is 2. The molecule has 142 valence electrons. The summed E-state index contributed by atoms with van der Waals surface area (Å²) in [6, 6.07) is 18.8. The lowest BCUT2D eigenvalue weighted by atomic mass is 9.72. The van der Waals surface area contributed by atoms with E-state index in [-0.39, 0.29) is 6.03 Å². The zero-order valence-corrected chi connectivity index (χ0v) is 15.8. The maximum atomic E-state index is 12.5. The van der Waals surface area contributed by atoms with Gasteiger partial charge in [-0.1, -0.05) is 54.6 Å². The molecule has 4 rings (SSSR count). The van der Waals surface area contributed by atoms with Crippen LogP contribution in [-0.2, 0) is 11.3 Å². The number of likely N-dealkylation sites (tertiary alicyclic amines) is 1. The summed E-state index contributed by atoms with van der Waals surface area (Å²) in [7, 11) is 0. The van der Waals surface area contributed by atoms with Gasteiger partial charge in [-0.05, 0) is 47.8 Å². The highest BCUT2D eigenvalue weighted by atomic mass is 16.5. The van der Waals surface area contributed by atoms with Crippen molar-refractivity contribution in [3.05, 3.63) is 60.2 Å². The van der Waals surface area contributed by atoms with Crippen molar-refractivity contribution in [1.82, 2.24) is 10.2 Å². The van der Waals surface area contributed by atoms with Gasteiger partial charge in [-0.15, -0.1) is 0 Å². The quantitative estimate of drug-likeness (QED) is 0.874. The third-order valence-electron chi connectivity index (χ3n) is 6.17. The minimum Gasteiger partial charge on any atom is -0.381 e.